The van der Waals surface area contributed by atoms with Gasteiger partial charge in [-0.25, -0.2) is 0 Å². The molecule has 0 aliphatic carbocycles. The molecule has 3 rings (SSSR count). The van der Waals surface area contributed by atoms with E-state index in [2.05, 4.69) is 72.1 Å². The molecule has 0 heterocycles. The summed E-state index contributed by atoms with van der Waals surface area (Å²) in [6.45, 7) is 6.79. The van der Waals surface area contributed by atoms with Crippen molar-refractivity contribution in [1.82, 2.24) is 0 Å². The molecule has 0 aliphatic heterocycles. The standard InChI is InChI=1S/C17H21B5/c1-6-7(2)13-9(15(20)8(6)3)4-10-14(17(13)22)11(18)5-12(19)16(10)21/h4-5H,18-22H2,1-3H3. The highest BCUT2D eigenvalue weighted by Gasteiger charge is 2.15. The Morgan fingerprint density at radius 1 is 0.545 bits per heavy atom. The quantitative estimate of drug-likeness (QED) is 0.293. The largest absolute Gasteiger partial charge is 0.140 e. The second-order valence-corrected chi connectivity index (χ2v) is 6.98. The van der Waals surface area contributed by atoms with Gasteiger partial charge in [-0.05, 0) is 59.5 Å². The Labute approximate surface area is 138 Å². The number of rotatable bonds is 0. The van der Waals surface area contributed by atoms with Gasteiger partial charge in [0, 0.05) is 0 Å². The maximum absolute atomic E-state index is 2.43. The molecule has 0 spiro atoms. The smallest absolute Gasteiger partial charge is 0.0951 e. The fourth-order valence-corrected chi connectivity index (χ4v) is 4.07. The molecule has 0 unspecified atom stereocenters. The fourth-order valence-electron chi connectivity index (χ4n) is 4.07. The van der Waals surface area contributed by atoms with Crippen LogP contribution >= 0.6 is 0 Å². The Balaban J connectivity index is 2.71. The van der Waals surface area contributed by atoms with Gasteiger partial charge in [-0.15, -0.1) is 0 Å². The molecular formula is C17H21B5. The van der Waals surface area contributed by atoms with Crippen molar-refractivity contribution in [3.8, 4) is 0 Å². The van der Waals surface area contributed by atoms with Crippen LogP contribution in [0.1, 0.15) is 16.7 Å². The van der Waals surface area contributed by atoms with E-state index in [1.165, 1.54) is 65.5 Å². The lowest BCUT2D eigenvalue weighted by Gasteiger charge is -2.21. The van der Waals surface area contributed by atoms with Gasteiger partial charge in [0.1, 0.15) is 39.2 Å². The normalized spacial score (nSPS) is 11.4. The molecule has 0 nitrogen and oxygen atoms in total. The predicted molar refractivity (Wildman–Crippen MR) is 117 cm³/mol. The van der Waals surface area contributed by atoms with Crippen LogP contribution in [0, 0.1) is 20.8 Å². The number of benzene rings is 3. The Morgan fingerprint density at radius 2 is 1.14 bits per heavy atom. The molecule has 104 valence electrons. The van der Waals surface area contributed by atoms with Crippen LogP contribution in [0.25, 0.3) is 21.5 Å². The molecule has 5 heteroatoms. The van der Waals surface area contributed by atoms with Crippen LogP contribution in [0.2, 0.25) is 0 Å². The number of hydrogen-bond acceptors (Lipinski definition) is 0. The van der Waals surface area contributed by atoms with Crippen molar-refractivity contribution in [2.75, 3.05) is 0 Å². The zero-order chi connectivity index (χ0) is 16.3. The number of fused-ring (bicyclic) bond motifs is 2. The Kier molecular flexibility index (Phi) is 3.51. The molecule has 0 saturated carbocycles. The highest BCUT2D eigenvalue weighted by molar-refractivity contribution is 6.60. The second kappa shape index (κ2) is 5.01. The van der Waals surface area contributed by atoms with Crippen molar-refractivity contribution in [3.63, 3.8) is 0 Å². The van der Waals surface area contributed by atoms with Gasteiger partial charge in [-0.1, -0.05) is 38.9 Å². The first kappa shape index (κ1) is 15.4. The molecular weight excluding hydrogens is 258 g/mol. The van der Waals surface area contributed by atoms with Gasteiger partial charge in [-0.3, -0.25) is 0 Å². The predicted octanol–water partition coefficient (Wildman–Crippen LogP) is -3.79. The van der Waals surface area contributed by atoms with Crippen molar-refractivity contribution in [2.24, 2.45) is 0 Å². The highest BCUT2D eigenvalue weighted by Crippen LogP contribution is 2.24. The fraction of sp³-hybridized carbons (Fsp3) is 0.176. The molecule has 0 atom stereocenters. The van der Waals surface area contributed by atoms with Crippen LogP contribution in [0.5, 0.6) is 0 Å². The van der Waals surface area contributed by atoms with Crippen molar-refractivity contribution >= 4 is 88.1 Å². The third-order valence-electron chi connectivity index (χ3n) is 5.87. The van der Waals surface area contributed by atoms with E-state index in [1.54, 1.807) is 0 Å². The summed E-state index contributed by atoms with van der Waals surface area (Å²) in [6.07, 6.45) is 0. The van der Waals surface area contributed by atoms with Crippen LogP contribution in [0.4, 0.5) is 0 Å². The summed E-state index contributed by atoms with van der Waals surface area (Å²) in [6, 6.07) is 4.77. The monoisotopic (exact) mass is 280 g/mol. The molecule has 0 aliphatic rings. The first-order valence-electron chi connectivity index (χ1n) is 8.15. The number of aryl methyl sites for hydroxylation is 1. The average Bonchev–Trinajstić information content (AvgIpc) is 2.47. The summed E-state index contributed by atoms with van der Waals surface area (Å²) in [5, 5.41) is 5.76. The minimum absolute atomic E-state index is 1.39. The third-order valence-corrected chi connectivity index (χ3v) is 5.87. The minimum atomic E-state index is 1.39. The van der Waals surface area contributed by atoms with Crippen LogP contribution in [-0.4, -0.2) is 39.2 Å². The van der Waals surface area contributed by atoms with Crippen LogP contribution < -0.4 is 27.3 Å². The van der Waals surface area contributed by atoms with Gasteiger partial charge in [0.2, 0.25) is 0 Å². The third kappa shape index (κ3) is 1.91. The molecule has 0 saturated heterocycles. The molecule has 22 heavy (non-hydrogen) atoms. The van der Waals surface area contributed by atoms with Crippen molar-refractivity contribution in [3.05, 3.63) is 28.8 Å². The van der Waals surface area contributed by atoms with E-state index in [0.717, 1.165) is 0 Å². The minimum Gasteiger partial charge on any atom is -0.0951 e. The molecule has 0 fully saturated rings. The van der Waals surface area contributed by atoms with E-state index in [-0.39, 0.29) is 0 Å². The van der Waals surface area contributed by atoms with Crippen molar-refractivity contribution in [2.45, 2.75) is 20.8 Å². The lowest BCUT2D eigenvalue weighted by Crippen LogP contribution is -2.34. The maximum Gasteiger partial charge on any atom is 0.140 e. The van der Waals surface area contributed by atoms with Crippen LogP contribution in [-0.2, 0) is 0 Å². The van der Waals surface area contributed by atoms with E-state index in [0.29, 0.717) is 0 Å². The SMILES string of the molecule is Bc1cc(B)c2c(B)c3c(C)c(C)c(C)c(B)c3cc2c1B. The summed E-state index contributed by atoms with van der Waals surface area (Å²) < 4.78 is 0. The van der Waals surface area contributed by atoms with E-state index in [1.807, 2.05) is 0 Å². The van der Waals surface area contributed by atoms with Crippen molar-refractivity contribution in [1.29, 1.82) is 0 Å². The van der Waals surface area contributed by atoms with Crippen LogP contribution in [0.3, 0.4) is 0 Å². The zero-order valence-corrected chi connectivity index (χ0v) is 15.2. The first-order chi connectivity index (χ1) is 10.3. The zero-order valence-electron chi connectivity index (χ0n) is 15.2. The molecule has 3 aromatic carbocycles. The second-order valence-electron chi connectivity index (χ2n) is 6.98. The molecule has 0 radical (unpaired) electrons. The summed E-state index contributed by atoms with van der Waals surface area (Å²) >= 11 is 0. The lowest BCUT2D eigenvalue weighted by molar-refractivity contribution is 1.32. The first-order valence-corrected chi connectivity index (χ1v) is 8.15. The molecule has 0 bridgehead atoms. The Bertz CT molecular complexity index is 957. The molecule has 0 N–H and O–H groups in total. The molecule has 0 amide bonds. The van der Waals surface area contributed by atoms with Gasteiger partial charge in [0.25, 0.3) is 0 Å². The average molecular weight is 279 g/mol. The molecule has 0 aromatic heterocycles. The lowest BCUT2D eigenvalue weighted by atomic mass is 9.68. The highest BCUT2D eigenvalue weighted by atomic mass is 14.2. The Morgan fingerprint density at radius 3 is 1.77 bits per heavy atom. The molecule has 3 aromatic rings. The summed E-state index contributed by atoms with van der Waals surface area (Å²) in [5.41, 5.74) is 11.4. The number of hydrogen-bond donors (Lipinski definition) is 0. The van der Waals surface area contributed by atoms with Gasteiger partial charge >= 0.3 is 0 Å². The van der Waals surface area contributed by atoms with Gasteiger partial charge in [0.15, 0.2) is 0 Å². The Hall–Kier alpha value is -1.50. The van der Waals surface area contributed by atoms with E-state index < -0.39 is 0 Å². The summed E-state index contributed by atoms with van der Waals surface area (Å²) in [7, 11) is 11.3. The van der Waals surface area contributed by atoms with E-state index in [4.69, 9.17) is 0 Å². The van der Waals surface area contributed by atoms with Crippen LogP contribution in [0.15, 0.2) is 12.1 Å². The van der Waals surface area contributed by atoms with Crippen molar-refractivity contribution < 1.29 is 0 Å². The van der Waals surface area contributed by atoms with Gasteiger partial charge in [-0.2, -0.15) is 0 Å². The van der Waals surface area contributed by atoms with E-state index in [9.17, 15) is 0 Å². The topological polar surface area (TPSA) is 0 Å². The van der Waals surface area contributed by atoms with E-state index >= 15 is 0 Å². The summed E-state index contributed by atoms with van der Waals surface area (Å²) in [4.78, 5) is 0. The van der Waals surface area contributed by atoms with Gasteiger partial charge in [0.05, 0.1) is 0 Å². The van der Waals surface area contributed by atoms with Gasteiger partial charge < -0.3 is 0 Å². The summed E-state index contributed by atoms with van der Waals surface area (Å²) in [5.74, 6) is 0. The maximum atomic E-state index is 2.43.